The number of nitrogens with zero attached hydrogens (tertiary/aromatic N) is 1. The molecule has 0 fully saturated rings. The van der Waals surface area contributed by atoms with Crippen LogP contribution in [0.3, 0.4) is 0 Å². The first-order chi connectivity index (χ1) is 9.36. The van der Waals surface area contributed by atoms with E-state index in [-0.39, 0.29) is 0 Å². The molecule has 0 aliphatic carbocycles. The fraction of sp³-hybridized carbons (Fsp3) is 0. The minimum Gasteiger partial charge on any atom is -0.263 e. The van der Waals surface area contributed by atoms with E-state index in [1.165, 1.54) is 0 Å². The maximum Gasteiger partial charge on any atom is 0.0593 e. The molecule has 0 spiro atoms. The van der Waals surface area contributed by atoms with Crippen molar-refractivity contribution in [3.8, 4) is 22.3 Å². The van der Waals surface area contributed by atoms with Gasteiger partial charge in [0.1, 0.15) is 0 Å². The predicted octanol–water partition coefficient (Wildman–Crippen LogP) is 5.07. The molecule has 0 saturated heterocycles. The second-order valence-electron chi connectivity index (χ2n) is 4.28. The van der Waals surface area contributed by atoms with E-state index in [4.69, 9.17) is 11.6 Å². The SMILES string of the molecule is Clc1c(-c2ccccc2)cncc1-c1ccccc1. The first-order valence-corrected chi connectivity index (χ1v) is 6.48. The summed E-state index contributed by atoms with van der Waals surface area (Å²) >= 11 is 6.54. The fourth-order valence-electron chi connectivity index (χ4n) is 2.08. The summed E-state index contributed by atoms with van der Waals surface area (Å²) in [6.07, 6.45) is 3.62. The molecule has 0 aliphatic rings. The lowest BCUT2D eigenvalue weighted by molar-refractivity contribution is 1.33. The first-order valence-electron chi connectivity index (χ1n) is 6.10. The minimum atomic E-state index is 0.743. The zero-order valence-corrected chi connectivity index (χ0v) is 11.0. The van der Waals surface area contributed by atoms with E-state index in [2.05, 4.69) is 4.98 Å². The van der Waals surface area contributed by atoms with E-state index < -0.39 is 0 Å². The average molecular weight is 266 g/mol. The van der Waals surface area contributed by atoms with Crippen LogP contribution in [-0.2, 0) is 0 Å². The molecule has 0 aliphatic heterocycles. The third-order valence-corrected chi connectivity index (χ3v) is 3.46. The van der Waals surface area contributed by atoms with Gasteiger partial charge in [0.25, 0.3) is 0 Å². The summed E-state index contributed by atoms with van der Waals surface area (Å²) in [6, 6.07) is 20.1. The summed E-state index contributed by atoms with van der Waals surface area (Å²) in [5.41, 5.74) is 4.09. The quantitative estimate of drug-likeness (QED) is 0.630. The molecule has 1 aromatic heterocycles. The number of hydrogen-bond donors (Lipinski definition) is 0. The highest BCUT2D eigenvalue weighted by molar-refractivity contribution is 6.36. The van der Waals surface area contributed by atoms with E-state index in [0.717, 1.165) is 27.3 Å². The lowest BCUT2D eigenvalue weighted by Crippen LogP contribution is -1.86. The van der Waals surface area contributed by atoms with Crippen molar-refractivity contribution in [2.45, 2.75) is 0 Å². The molecule has 0 bridgehead atoms. The highest BCUT2D eigenvalue weighted by atomic mass is 35.5. The van der Waals surface area contributed by atoms with Gasteiger partial charge in [-0.05, 0) is 11.1 Å². The number of hydrogen-bond acceptors (Lipinski definition) is 1. The van der Waals surface area contributed by atoms with Gasteiger partial charge in [0.2, 0.25) is 0 Å². The molecule has 92 valence electrons. The Kier molecular flexibility index (Phi) is 3.30. The maximum absolute atomic E-state index is 6.54. The number of rotatable bonds is 2. The van der Waals surface area contributed by atoms with Crippen LogP contribution in [0.1, 0.15) is 0 Å². The maximum atomic E-state index is 6.54. The van der Waals surface area contributed by atoms with E-state index in [1.54, 1.807) is 0 Å². The Labute approximate surface area is 117 Å². The van der Waals surface area contributed by atoms with Crippen LogP contribution in [0, 0.1) is 0 Å². The molecule has 0 unspecified atom stereocenters. The Hall–Kier alpha value is -2.12. The van der Waals surface area contributed by atoms with E-state index in [1.807, 2.05) is 73.1 Å². The van der Waals surface area contributed by atoms with Gasteiger partial charge in [-0.15, -0.1) is 0 Å². The minimum absolute atomic E-state index is 0.743. The molecule has 3 aromatic rings. The molecule has 2 aromatic carbocycles. The zero-order chi connectivity index (χ0) is 13.1. The Bertz CT molecular complexity index is 620. The summed E-state index contributed by atoms with van der Waals surface area (Å²) in [5.74, 6) is 0. The van der Waals surface area contributed by atoms with Crippen LogP contribution >= 0.6 is 11.6 Å². The molecule has 3 rings (SSSR count). The van der Waals surface area contributed by atoms with Crippen molar-refractivity contribution in [1.82, 2.24) is 4.98 Å². The van der Waals surface area contributed by atoms with Crippen molar-refractivity contribution in [2.24, 2.45) is 0 Å². The van der Waals surface area contributed by atoms with Gasteiger partial charge in [-0.1, -0.05) is 72.3 Å². The van der Waals surface area contributed by atoms with Crippen LogP contribution in [0.15, 0.2) is 73.1 Å². The highest BCUT2D eigenvalue weighted by Gasteiger charge is 2.09. The van der Waals surface area contributed by atoms with E-state index in [0.29, 0.717) is 0 Å². The highest BCUT2D eigenvalue weighted by Crippen LogP contribution is 2.35. The third kappa shape index (κ3) is 2.38. The molecule has 1 nitrogen and oxygen atoms in total. The fourth-order valence-corrected chi connectivity index (χ4v) is 2.40. The Morgan fingerprint density at radius 1 is 0.632 bits per heavy atom. The number of pyridine rings is 1. The van der Waals surface area contributed by atoms with Crippen LogP contribution in [0.5, 0.6) is 0 Å². The van der Waals surface area contributed by atoms with Gasteiger partial charge >= 0.3 is 0 Å². The van der Waals surface area contributed by atoms with Gasteiger partial charge in [-0.25, -0.2) is 0 Å². The average Bonchev–Trinajstić information content (AvgIpc) is 2.49. The van der Waals surface area contributed by atoms with Crippen LogP contribution in [-0.4, -0.2) is 4.98 Å². The molecule has 2 heteroatoms. The lowest BCUT2D eigenvalue weighted by atomic mass is 10.0. The number of benzene rings is 2. The van der Waals surface area contributed by atoms with Gasteiger partial charge in [0, 0.05) is 23.5 Å². The van der Waals surface area contributed by atoms with Gasteiger partial charge in [-0.2, -0.15) is 0 Å². The molecule has 0 N–H and O–H groups in total. The van der Waals surface area contributed by atoms with Crippen molar-refractivity contribution in [3.63, 3.8) is 0 Å². The summed E-state index contributed by atoms with van der Waals surface area (Å²) in [7, 11) is 0. The summed E-state index contributed by atoms with van der Waals surface area (Å²) in [5, 5.41) is 0.743. The van der Waals surface area contributed by atoms with Gasteiger partial charge in [-0.3, -0.25) is 4.98 Å². The molecule has 1 heterocycles. The first kappa shape index (κ1) is 11.9. The van der Waals surface area contributed by atoms with Crippen LogP contribution in [0.2, 0.25) is 5.02 Å². The summed E-state index contributed by atoms with van der Waals surface area (Å²) in [6.45, 7) is 0. The Balaban J connectivity index is 2.15. The van der Waals surface area contributed by atoms with E-state index in [9.17, 15) is 0 Å². The predicted molar refractivity (Wildman–Crippen MR) is 80.1 cm³/mol. The van der Waals surface area contributed by atoms with Crippen molar-refractivity contribution < 1.29 is 0 Å². The molecular weight excluding hydrogens is 254 g/mol. The summed E-state index contributed by atoms with van der Waals surface area (Å²) < 4.78 is 0. The van der Waals surface area contributed by atoms with Crippen molar-refractivity contribution in [1.29, 1.82) is 0 Å². The lowest BCUT2D eigenvalue weighted by Gasteiger charge is -2.09. The Morgan fingerprint density at radius 3 is 1.47 bits per heavy atom. The zero-order valence-electron chi connectivity index (χ0n) is 10.3. The smallest absolute Gasteiger partial charge is 0.0593 e. The van der Waals surface area contributed by atoms with Crippen LogP contribution in [0.4, 0.5) is 0 Å². The normalized spacial score (nSPS) is 10.4. The molecule has 0 radical (unpaired) electrons. The number of halogens is 1. The molecule has 19 heavy (non-hydrogen) atoms. The van der Waals surface area contributed by atoms with E-state index >= 15 is 0 Å². The molecule has 0 saturated carbocycles. The topological polar surface area (TPSA) is 12.9 Å². The molecule has 0 atom stereocenters. The molecule has 0 amide bonds. The van der Waals surface area contributed by atoms with Crippen molar-refractivity contribution in [3.05, 3.63) is 78.1 Å². The van der Waals surface area contributed by atoms with Crippen molar-refractivity contribution >= 4 is 11.6 Å². The molecular formula is C17H12ClN. The second-order valence-corrected chi connectivity index (χ2v) is 4.66. The van der Waals surface area contributed by atoms with Crippen molar-refractivity contribution in [2.75, 3.05) is 0 Å². The summed E-state index contributed by atoms with van der Waals surface area (Å²) in [4.78, 5) is 4.31. The third-order valence-electron chi connectivity index (χ3n) is 3.05. The van der Waals surface area contributed by atoms with Gasteiger partial charge in [0.05, 0.1) is 5.02 Å². The number of aromatic nitrogens is 1. The largest absolute Gasteiger partial charge is 0.263 e. The van der Waals surface area contributed by atoms with Gasteiger partial charge in [0.15, 0.2) is 0 Å². The second kappa shape index (κ2) is 5.25. The monoisotopic (exact) mass is 265 g/mol. The Morgan fingerprint density at radius 2 is 1.05 bits per heavy atom. The standard InChI is InChI=1S/C17H12ClN/c18-17-15(13-7-3-1-4-8-13)11-19-12-16(17)14-9-5-2-6-10-14/h1-12H. The van der Waals surface area contributed by atoms with Crippen LogP contribution < -0.4 is 0 Å². The van der Waals surface area contributed by atoms with Crippen LogP contribution in [0.25, 0.3) is 22.3 Å². The van der Waals surface area contributed by atoms with Gasteiger partial charge < -0.3 is 0 Å².